The Morgan fingerprint density at radius 1 is 1.27 bits per heavy atom. The normalized spacial score (nSPS) is 16.9. The van der Waals surface area contributed by atoms with Gasteiger partial charge < -0.3 is 20.4 Å². The molecule has 0 saturated heterocycles. The summed E-state index contributed by atoms with van der Waals surface area (Å²) in [5, 5.41) is 6.08. The molecule has 1 aromatic heterocycles. The lowest BCUT2D eigenvalue weighted by molar-refractivity contribution is -0.119. The number of anilines is 4. The van der Waals surface area contributed by atoms with Crippen molar-refractivity contribution in [3.8, 4) is 0 Å². The summed E-state index contributed by atoms with van der Waals surface area (Å²) >= 11 is 0. The molecule has 1 fully saturated rings. The van der Waals surface area contributed by atoms with Crippen molar-refractivity contribution in [3.05, 3.63) is 36.0 Å². The summed E-state index contributed by atoms with van der Waals surface area (Å²) in [6, 6.07) is 8.22. The van der Waals surface area contributed by atoms with Gasteiger partial charge in [-0.15, -0.1) is 0 Å². The third-order valence-electron chi connectivity index (χ3n) is 5.81. The number of hydrogen-bond donors (Lipinski definition) is 2. The zero-order valence-corrected chi connectivity index (χ0v) is 17.5. The molecule has 2 N–H and O–H groups in total. The minimum absolute atomic E-state index is 0.0619. The van der Waals surface area contributed by atoms with Gasteiger partial charge in [0.2, 0.25) is 17.8 Å². The maximum Gasteiger partial charge on any atom is 0.229 e. The second kappa shape index (κ2) is 8.69. The Bertz CT molecular complexity index is 941. The molecule has 0 unspecified atom stereocenters. The van der Waals surface area contributed by atoms with Crippen molar-refractivity contribution in [2.24, 2.45) is 0 Å². The van der Waals surface area contributed by atoms with E-state index in [-0.39, 0.29) is 11.8 Å². The molecule has 2 heterocycles. The van der Waals surface area contributed by atoms with E-state index in [1.807, 2.05) is 24.3 Å². The molecule has 0 radical (unpaired) electrons. The predicted octanol–water partition coefficient (Wildman–Crippen LogP) is 2.97. The SMILES string of the molecule is CC(=O)NCc1cccc(Nc2ncc3c(n2)N(C2CCCC2)CCC(=O)N3C)c1. The Hall–Kier alpha value is -3.16. The van der Waals surface area contributed by atoms with Gasteiger partial charge in [-0.05, 0) is 30.5 Å². The first-order valence-corrected chi connectivity index (χ1v) is 10.5. The lowest BCUT2D eigenvalue weighted by Gasteiger charge is -2.30. The Morgan fingerprint density at radius 3 is 2.83 bits per heavy atom. The average Bonchev–Trinajstić information content (AvgIpc) is 3.23. The third-order valence-corrected chi connectivity index (χ3v) is 5.81. The van der Waals surface area contributed by atoms with E-state index in [1.165, 1.54) is 19.8 Å². The van der Waals surface area contributed by atoms with Crippen LogP contribution in [0.15, 0.2) is 30.5 Å². The molecule has 2 amide bonds. The first-order valence-electron chi connectivity index (χ1n) is 10.5. The van der Waals surface area contributed by atoms with E-state index in [0.29, 0.717) is 31.5 Å². The van der Waals surface area contributed by atoms with Crippen molar-refractivity contribution in [3.63, 3.8) is 0 Å². The van der Waals surface area contributed by atoms with Crippen LogP contribution >= 0.6 is 0 Å². The summed E-state index contributed by atoms with van der Waals surface area (Å²) in [4.78, 5) is 36.9. The number of fused-ring (bicyclic) bond motifs is 1. The van der Waals surface area contributed by atoms with Crippen LogP contribution in [0.2, 0.25) is 0 Å². The Balaban J connectivity index is 1.61. The van der Waals surface area contributed by atoms with Crippen molar-refractivity contribution in [1.29, 1.82) is 0 Å². The van der Waals surface area contributed by atoms with E-state index < -0.39 is 0 Å². The predicted molar refractivity (Wildman–Crippen MR) is 117 cm³/mol. The summed E-state index contributed by atoms with van der Waals surface area (Å²) in [6.45, 7) is 2.66. The topological polar surface area (TPSA) is 90.5 Å². The standard InChI is InChI=1S/C22H28N6O2/c1-15(29)23-13-16-6-5-7-17(12-16)25-22-24-14-19-21(26-22)28(18-8-3-4-9-18)11-10-20(30)27(19)2/h5-7,12,14,18H,3-4,8-11,13H2,1-2H3,(H,23,29)(H,24,25,26). The van der Waals surface area contributed by atoms with Crippen LogP contribution in [0.25, 0.3) is 0 Å². The number of carbonyl (C=O) groups is 2. The van der Waals surface area contributed by atoms with Crippen LogP contribution in [0, 0.1) is 0 Å². The number of hydrogen-bond acceptors (Lipinski definition) is 6. The highest BCUT2D eigenvalue weighted by atomic mass is 16.2. The van der Waals surface area contributed by atoms with Crippen LogP contribution in [0.5, 0.6) is 0 Å². The fraction of sp³-hybridized carbons (Fsp3) is 0.455. The Labute approximate surface area is 176 Å². The fourth-order valence-corrected chi connectivity index (χ4v) is 4.18. The van der Waals surface area contributed by atoms with Gasteiger partial charge in [-0.3, -0.25) is 9.59 Å². The van der Waals surface area contributed by atoms with E-state index in [1.54, 1.807) is 18.1 Å². The van der Waals surface area contributed by atoms with Crippen molar-refractivity contribution >= 4 is 35.0 Å². The molecule has 8 nitrogen and oxygen atoms in total. The fourth-order valence-electron chi connectivity index (χ4n) is 4.18. The minimum Gasteiger partial charge on any atom is -0.352 e. The maximum atomic E-state index is 12.5. The molecular formula is C22H28N6O2. The number of amides is 2. The maximum absolute atomic E-state index is 12.5. The van der Waals surface area contributed by atoms with Crippen LogP contribution in [-0.2, 0) is 16.1 Å². The van der Waals surface area contributed by atoms with Gasteiger partial charge in [-0.2, -0.15) is 4.98 Å². The number of nitrogens with zero attached hydrogens (tertiary/aromatic N) is 4. The summed E-state index contributed by atoms with van der Waals surface area (Å²) in [6.07, 6.45) is 6.92. The zero-order chi connectivity index (χ0) is 21.1. The number of nitrogens with one attached hydrogen (secondary N) is 2. The Kier molecular flexibility index (Phi) is 5.83. The lowest BCUT2D eigenvalue weighted by atomic mass is 10.2. The first kappa shape index (κ1) is 20.1. The molecule has 158 valence electrons. The molecule has 8 heteroatoms. The van der Waals surface area contributed by atoms with Crippen molar-refractivity contribution in [2.75, 3.05) is 28.7 Å². The van der Waals surface area contributed by atoms with E-state index in [9.17, 15) is 9.59 Å². The highest BCUT2D eigenvalue weighted by Crippen LogP contribution is 2.36. The van der Waals surface area contributed by atoms with E-state index in [4.69, 9.17) is 4.98 Å². The Morgan fingerprint density at radius 2 is 2.07 bits per heavy atom. The lowest BCUT2D eigenvalue weighted by Crippen LogP contribution is -2.34. The van der Waals surface area contributed by atoms with E-state index in [0.717, 1.165) is 35.6 Å². The summed E-state index contributed by atoms with van der Waals surface area (Å²) in [7, 11) is 1.79. The summed E-state index contributed by atoms with van der Waals surface area (Å²) in [5.74, 6) is 1.35. The quantitative estimate of drug-likeness (QED) is 0.791. The molecule has 1 aliphatic carbocycles. The smallest absolute Gasteiger partial charge is 0.229 e. The number of carbonyl (C=O) groups excluding carboxylic acids is 2. The van der Waals surface area contributed by atoms with Crippen LogP contribution < -0.4 is 20.4 Å². The first-order chi connectivity index (χ1) is 14.5. The van der Waals surface area contributed by atoms with Crippen molar-refractivity contribution in [1.82, 2.24) is 15.3 Å². The molecule has 0 bridgehead atoms. The van der Waals surface area contributed by atoms with Gasteiger partial charge in [-0.25, -0.2) is 4.98 Å². The van der Waals surface area contributed by atoms with Gasteiger partial charge in [-0.1, -0.05) is 25.0 Å². The van der Waals surface area contributed by atoms with E-state index in [2.05, 4.69) is 20.5 Å². The number of aromatic nitrogens is 2. The molecule has 2 aromatic rings. The van der Waals surface area contributed by atoms with Gasteiger partial charge in [0.05, 0.1) is 6.20 Å². The summed E-state index contributed by atoms with van der Waals surface area (Å²) in [5.41, 5.74) is 2.60. The molecule has 2 aliphatic rings. The highest BCUT2D eigenvalue weighted by molar-refractivity contribution is 5.97. The van der Waals surface area contributed by atoms with Gasteiger partial charge in [0.1, 0.15) is 5.69 Å². The summed E-state index contributed by atoms with van der Waals surface area (Å²) < 4.78 is 0. The van der Waals surface area contributed by atoms with Gasteiger partial charge in [0.15, 0.2) is 5.82 Å². The molecular weight excluding hydrogens is 380 g/mol. The molecule has 0 spiro atoms. The highest BCUT2D eigenvalue weighted by Gasteiger charge is 2.31. The van der Waals surface area contributed by atoms with E-state index >= 15 is 0 Å². The van der Waals surface area contributed by atoms with Crippen LogP contribution in [0.3, 0.4) is 0 Å². The van der Waals surface area contributed by atoms with Crippen molar-refractivity contribution < 1.29 is 9.59 Å². The number of rotatable bonds is 5. The largest absolute Gasteiger partial charge is 0.352 e. The second-order valence-electron chi connectivity index (χ2n) is 7.97. The van der Waals surface area contributed by atoms with Crippen LogP contribution in [0.1, 0.15) is 44.6 Å². The van der Waals surface area contributed by atoms with Gasteiger partial charge in [0.25, 0.3) is 0 Å². The van der Waals surface area contributed by atoms with Crippen LogP contribution in [-0.4, -0.2) is 41.4 Å². The molecule has 30 heavy (non-hydrogen) atoms. The molecule has 1 aromatic carbocycles. The molecule has 1 saturated carbocycles. The zero-order valence-electron chi connectivity index (χ0n) is 17.5. The second-order valence-corrected chi connectivity index (χ2v) is 7.97. The monoisotopic (exact) mass is 408 g/mol. The third kappa shape index (κ3) is 4.37. The molecule has 4 rings (SSSR count). The molecule has 1 aliphatic heterocycles. The molecule has 0 atom stereocenters. The number of benzene rings is 1. The average molecular weight is 409 g/mol. The van der Waals surface area contributed by atoms with Crippen LogP contribution in [0.4, 0.5) is 23.1 Å². The van der Waals surface area contributed by atoms with Gasteiger partial charge >= 0.3 is 0 Å². The van der Waals surface area contributed by atoms with Gasteiger partial charge in [0, 0.05) is 45.2 Å². The van der Waals surface area contributed by atoms with Crippen molar-refractivity contribution in [2.45, 2.75) is 51.6 Å². The minimum atomic E-state index is -0.0619.